The second kappa shape index (κ2) is 11.2. The normalized spacial score (nSPS) is 13.2. The number of ether oxygens (including phenoxy) is 1. The van der Waals surface area contributed by atoms with Gasteiger partial charge >= 0.3 is 0 Å². The predicted octanol–water partition coefficient (Wildman–Crippen LogP) is 13.9. The largest absolute Gasteiger partial charge is 0.388 e. The molecule has 0 spiro atoms. The Labute approximate surface area is 362 Å². The Morgan fingerprint density at radius 1 is 0.406 bits per heavy atom. The van der Waals surface area contributed by atoms with Crippen LogP contribution in [0.4, 0.5) is 0 Å². The summed E-state index contributed by atoms with van der Waals surface area (Å²) in [6.07, 6.45) is 0. The van der Waals surface area contributed by atoms with E-state index in [1.165, 1.54) is 114 Å². The topological polar surface area (TPSA) is 61.4 Å². The number of para-hydroxylation sites is 4. The van der Waals surface area contributed by atoms with Crippen LogP contribution in [-0.4, -0.2) is 33.2 Å². The monoisotopic (exact) mass is 816 g/mol. The van der Waals surface area contributed by atoms with Crippen LogP contribution >= 0.6 is 0 Å². The zero-order chi connectivity index (χ0) is 41.9. The number of methoxy groups -OCH3 is 1. The fourth-order valence-electron chi connectivity index (χ4n) is 12.6. The van der Waals surface area contributed by atoms with Gasteiger partial charge < -0.3 is 9.30 Å². The lowest BCUT2D eigenvalue weighted by Crippen LogP contribution is -2.13. The molecule has 0 aliphatic carbocycles. The lowest BCUT2D eigenvalue weighted by atomic mass is 9.80. The van der Waals surface area contributed by atoms with Crippen molar-refractivity contribution in [1.29, 1.82) is 0 Å². The van der Waals surface area contributed by atoms with Gasteiger partial charge in [-0.05, 0) is 150 Å². The molecule has 0 unspecified atom stereocenters. The number of benzene rings is 13. The van der Waals surface area contributed by atoms with Crippen molar-refractivity contribution < 1.29 is 4.74 Å². The van der Waals surface area contributed by atoms with Crippen molar-refractivity contribution >= 4 is 146 Å². The Hall–Kier alpha value is -8.19. The van der Waals surface area contributed by atoms with Gasteiger partial charge in [0.05, 0.1) is 28.6 Å². The fourth-order valence-corrected chi connectivity index (χ4v) is 12.6. The summed E-state index contributed by atoms with van der Waals surface area (Å²) in [6, 6.07) is 53.5. The van der Waals surface area contributed by atoms with Crippen molar-refractivity contribution in [3.8, 4) is 11.4 Å². The molecule has 0 saturated heterocycles. The molecule has 6 heteroatoms. The van der Waals surface area contributed by atoms with Crippen LogP contribution in [0.15, 0.2) is 150 Å². The molecule has 0 amide bonds. The number of fused-ring (bicyclic) bond motifs is 14. The second-order valence-electron chi connectivity index (χ2n) is 17.9. The van der Waals surface area contributed by atoms with E-state index in [4.69, 9.17) is 9.97 Å². The smallest absolute Gasteiger partial charge is 0.264 e. The van der Waals surface area contributed by atoms with Crippen LogP contribution in [0.2, 0.25) is 0 Å². The number of nitrogens with zero attached hydrogens (tertiary/aromatic N) is 4. The summed E-state index contributed by atoms with van der Waals surface area (Å²) in [5.41, 5.74) is 7.18. The van der Waals surface area contributed by atoms with Crippen molar-refractivity contribution in [2.45, 2.75) is 6.54 Å². The average Bonchev–Trinajstić information content (AvgIpc) is 3.92. The first kappa shape index (κ1) is 33.4. The molecule has 296 valence electrons. The van der Waals surface area contributed by atoms with Gasteiger partial charge in [0.25, 0.3) is 5.56 Å². The highest BCUT2D eigenvalue weighted by Crippen LogP contribution is 2.52. The molecular formula is C58H32N4O2. The van der Waals surface area contributed by atoms with Crippen LogP contribution in [0, 0.1) is 0 Å². The highest BCUT2D eigenvalue weighted by molar-refractivity contribution is 6.47. The van der Waals surface area contributed by atoms with E-state index in [9.17, 15) is 4.79 Å². The molecule has 0 saturated carbocycles. The zero-order valence-corrected chi connectivity index (χ0v) is 34.7. The minimum Gasteiger partial charge on any atom is -0.388 e. The standard InChI is InChI=1S/C56H26N4O.C2H6O/c61-56-41-24-21-38-36-18-16-34-31-13-11-29-27-10-9-26-25-59-44-7-3-1-5-42(44)57-54(59)39-22-19-28(47(27)46(26)39)30-12-14-32(49(31)48(29)30)33-15-17-35(51(36)50(33)34)37-20-23-40(53(41)52(37)38)55-58-43-6-2-4-8-45(43)60(55)56;1-3-2/h1-24H,25H2;1-2H3. The van der Waals surface area contributed by atoms with E-state index >= 15 is 0 Å². The number of aromatic nitrogens is 4. The number of hydrogen-bond acceptors (Lipinski definition) is 4. The minimum absolute atomic E-state index is 0.0173. The maximum Gasteiger partial charge on any atom is 0.264 e. The van der Waals surface area contributed by atoms with Gasteiger partial charge in [-0.3, -0.25) is 9.20 Å². The van der Waals surface area contributed by atoms with Gasteiger partial charge in [-0.15, -0.1) is 0 Å². The van der Waals surface area contributed by atoms with Crippen LogP contribution in [0.3, 0.4) is 0 Å². The van der Waals surface area contributed by atoms with Gasteiger partial charge in [-0.2, -0.15) is 0 Å². The molecule has 0 bridgehead atoms. The van der Waals surface area contributed by atoms with Crippen LogP contribution < -0.4 is 5.56 Å². The fraction of sp³-hybridized carbons (Fsp3) is 0.0517. The second-order valence-corrected chi connectivity index (χ2v) is 17.9. The van der Waals surface area contributed by atoms with Crippen molar-refractivity contribution in [2.24, 2.45) is 0 Å². The molecule has 0 atom stereocenters. The average molecular weight is 817 g/mol. The van der Waals surface area contributed by atoms with Gasteiger partial charge in [0.2, 0.25) is 0 Å². The summed E-state index contributed by atoms with van der Waals surface area (Å²) in [4.78, 5) is 24.5. The first-order valence-electron chi connectivity index (χ1n) is 21.9. The van der Waals surface area contributed by atoms with Gasteiger partial charge in [0.15, 0.2) is 0 Å². The van der Waals surface area contributed by atoms with E-state index in [1.54, 1.807) is 18.6 Å². The molecule has 0 radical (unpaired) electrons. The summed E-state index contributed by atoms with van der Waals surface area (Å²) in [6.45, 7) is 0.816. The maximum atomic E-state index is 14.3. The van der Waals surface area contributed by atoms with E-state index in [2.05, 4.69) is 125 Å². The lowest BCUT2D eigenvalue weighted by Gasteiger charge is -2.24. The van der Waals surface area contributed by atoms with Crippen LogP contribution in [-0.2, 0) is 11.3 Å². The van der Waals surface area contributed by atoms with E-state index in [0.717, 1.165) is 56.1 Å². The van der Waals surface area contributed by atoms with E-state index in [0.29, 0.717) is 0 Å². The molecule has 3 aromatic heterocycles. The summed E-state index contributed by atoms with van der Waals surface area (Å²) in [5.74, 6) is 1.06. The number of rotatable bonds is 0. The summed E-state index contributed by atoms with van der Waals surface area (Å²) < 4.78 is 8.43. The zero-order valence-electron chi connectivity index (χ0n) is 34.7. The highest BCUT2D eigenvalue weighted by atomic mass is 16.4. The molecule has 64 heavy (non-hydrogen) atoms. The third-order valence-electron chi connectivity index (χ3n) is 14.9. The predicted molar refractivity (Wildman–Crippen MR) is 267 cm³/mol. The molecule has 0 fully saturated rings. The van der Waals surface area contributed by atoms with E-state index in [1.807, 2.05) is 30.3 Å². The van der Waals surface area contributed by atoms with Crippen LogP contribution in [0.5, 0.6) is 0 Å². The first-order valence-corrected chi connectivity index (χ1v) is 21.9. The quantitative estimate of drug-likeness (QED) is 0.113. The highest BCUT2D eigenvalue weighted by Gasteiger charge is 2.27. The molecule has 0 N–H and O–H groups in total. The van der Waals surface area contributed by atoms with Crippen molar-refractivity contribution in [1.82, 2.24) is 18.9 Å². The van der Waals surface area contributed by atoms with E-state index in [-0.39, 0.29) is 5.56 Å². The minimum atomic E-state index is -0.0173. The maximum absolute atomic E-state index is 14.3. The third kappa shape index (κ3) is 3.68. The molecule has 1 aliphatic heterocycles. The van der Waals surface area contributed by atoms with Crippen molar-refractivity contribution in [2.75, 3.05) is 14.2 Å². The number of imidazole rings is 2. The van der Waals surface area contributed by atoms with Gasteiger partial charge in [0, 0.05) is 35.9 Å². The van der Waals surface area contributed by atoms with E-state index < -0.39 is 0 Å². The van der Waals surface area contributed by atoms with Crippen LogP contribution in [0.25, 0.3) is 158 Å². The Kier molecular flexibility index (Phi) is 5.87. The van der Waals surface area contributed by atoms with Crippen molar-refractivity contribution in [3.63, 3.8) is 0 Å². The van der Waals surface area contributed by atoms with Crippen LogP contribution in [0.1, 0.15) is 5.56 Å². The third-order valence-corrected chi connectivity index (χ3v) is 14.9. The Balaban J connectivity index is 0.00000119. The van der Waals surface area contributed by atoms with Crippen molar-refractivity contribution in [3.05, 3.63) is 162 Å². The number of pyridine rings is 1. The summed E-state index contributed by atoms with van der Waals surface area (Å²) >= 11 is 0. The number of hydrogen-bond donors (Lipinski definition) is 0. The Morgan fingerprint density at radius 3 is 1.30 bits per heavy atom. The molecule has 4 heterocycles. The van der Waals surface area contributed by atoms with Gasteiger partial charge in [0.1, 0.15) is 11.5 Å². The van der Waals surface area contributed by atoms with Gasteiger partial charge in [-0.25, -0.2) is 9.97 Å². The van der Waals surface area contributed by atoms with Gasteiger partial charge in [-0.1, -0.05) is 103 Å². The lowest BCUT2D eigenvalue weighted by molar-refractivity contribution is 0.277. The first-order chi connectivity index (χ1) is 31.6. The molecule has 13 aromatic carbocycles. The Morgan fingerprint density at radius 2 is 0.781 bits per heavy atom. The molecule has 6 nitrogen and oxygen atoms in total. The molecule has 16 aromatic rings. The SMILES string of the molecule is COC.O=c1c2ccc3c4ccc5c6ccc7c8ccc9c%10c(ccc(c%11ccc(c%12ccc(c%13ccc(c2c3%13)c2nc3ccccc3n12)c4c5%12)c6c7%11)c%108)-c1nc2ccccc2n1C9. The molecule has 17 rings (SSSR count). The Bertz CT molecular complexity index is 4710. The molecular weight excluding hydrogens is 785 g/mol. The summed E-state index contributed by atoms with van der Waals surface area (Å²) in [7, 11) is 3.25. The molecule has 1 aliphatic rings. The summed E-state index contributed by atoms with van der Waals surface area (Å²) in [5, 5.41) is 27.0.